The van der Waals surface area contributed by atoms with E-state index in [1.54, 1.807) is 0 Å². The van der Waals surface area contributed by atoms with Crippen molar-refractivity contribution in [2.45, 2.75) is 50.3 Å². The van der Waals surface area contributed by atoms with Crippen molar-refractivity contribution in [3.63, 3.8) is 0 Å². The first-order valence-corrected chi connectivity index (χ1v) is 9.76. The van der Waals surface area contributed by atoms with Gasteiger partial charge in [-0.15, -0.1) is 0 Å². The normalized spacial score (nSPS) is 11.5. The van der Waals surface area contributed by atoms with Crippen LogP contribution >= 0.6 is 23.2 Å². The van der Waals surface area contributed by atoms with Gasteiger partial charge in [-0.3, -0.25) is 0 Å². The van der Waals surface area contributed by atoms with Crippen molar-refractivity contribution in [1.29, 1.82) is 0 Å². The zero-order valence-electron chi connectivity index (χ0n) is 13.0. The molecule has 1 rings (SSSR count). The highest BCUT2D eigenvalue weighted by atomic mass is 35.5. The molecule has 1 aromatic carbocycles. The molecule has 130 valence electrons. The molecule has 0 aliphatic rings. The summed E-state index contributed by atoms with van der Waals surface area (Å²) >= 11 is 11.7. The molecule has 0 aliphatic carbocycles. The van der Waals surface area contributed by atoms with E-state index in [1.807, 2.05) is 0 Å². The number of hydrogen-bond acceptors (Lipinski definition) is 4. The second kappa shape index (κ2) is 9.47. The molecule has 0 bridgehead atoms. The molecule has 8 heteroatoms. The van der Waals surface area contributed by atoms with Gasteiger partial charge in [0.2, 0.25) is 10.0 Å². The van der Waals surface area contributed by atoms with Gasteiger partial charge < -0.3 is 4.74 Å². The summed E-state index contributed by atoms with van der Waals surface area (Å²) < 4.78 is 28.0. The van der Waals surface area contributed by atoms with Gasteiger partial charge in [0.25, 0.3) is 0 Å². The Labute approximate surface area is 147 Å². The number of nitrogens with two attached hydrogens (primary N) is 1. The number of carbonyl (C=O) groups excluding carboxylic acids is 1. The molecule has 0 spiro atoms. The number of rotatable bonds is 9. The van der Waals surface area contributed by atoms with Crippen LogP contribution in [0, 0.1) is 0 Å². The van der Waals surface area contributed by atoms with E-state index >= 15 is 0 Å². The summed E-state index contributed by atoms with van der Waals surface area (Å²) in [5, 5.41) is 4.94. The van der Waals surface area contributed by atoms with Gasteiger partial charge in [-0.1, -0.05) is 62.2 Å². The molecule has 5 nitrogen and oxygen atoms in total. The Morgan fingerprint density at radius 3 is 2.30 bits per heavy atom. The quantitative estimate of drug-likeness (QED) is 0.513. The minimum absolute atomic E-state index is 0.0235. The molecule has 0 aliphatic heterocycles. The number of sulfonamides is 1. The maximum Gasteiger partial charge on any atom is 0.339 e. The zero-order chi connectivity index (χ0) is 17.5. The van der Waals surface area contributed by atoms with Gasteiger partial charge in [0.15, 0.2) is 0 Å². The molecule has 23 heavy (non-hydrogen) atoms. The van der Waals surface area contributed by atoms with Crippen LogP contribution in [0.25, 0.3) is 0 Å². The first kappa shape index (κ1) is 20.2. The monoisotopic (exact) mass is 381 g/mol. The van der Waals surface area contributed by atoms with E-state index in [2.05, 4.69) is 6.92 Å². The predicted octanol–water partition coefficient (Wildman–Crippen LogP) is 4.16. The molecule has 1 aromatic rings. The number of halogens is 2. The second-order valence-corrected chi connectivity index (χ2v) is 7.56. The number of carbonyl (C=O) groups is 1. The maximum absolute atomic E-state index is 12.0. The van der Waals surface area contributed by atoms with E-state index in [0.717, 1.165) is 25.3 Å². The van der Waals surface area contributed by atoms with Crippen molar-refractivity contribution in [3.05, 3.63) is 27.7 Å². The highest BCUT2D eigenvalue weighted by Gasteiger charge is 2.20. The Morgan fingerprint density at radius 1 is 1.09 bits per heavy atom. The van der Waals surface area contributed by atoms with Gasteiger partial charge in [0.05, 0.1) is 22.2 Å². The lowest BCUT2D eigenvalue weighted by Gasteiger charge is -2.09. The van der Waals surface area contributed by atoms with Crippen LogP contribution in [-0.4, -0.2) is 21.0 Å². The molecule has 0 unspecified atom stereocenters. The summed E-state index contributed by atoms with van der Waals surface area (Å²) in [6, 6.07) is 2.22. The summed E-state index contributed by atoms with van der Waals surface area (Å²) in [6.07, 6.45) is 6.38. The number of unbranched alkanes of at least 4 members (excludes halogenated alkanes) is 5. The summed E-state index contributed by atoms with van der Waals surface area (Å²) in [4.78, 5) is 11.7. The van der Waals surface area contributed by atoms with Gasteiger partial charge in [0, 0.05) is 0 Å². The van der Waals surface area contributed by atoms with Crippen molar-refractivity contribution in [1.82, 2.24) is 0 Å². The van der Waals surface area contributed by atoms with Gasteiger partial charge in [-0.2, -0.15) is 0 Å². The summed E-state index contributed by atoms with van der Waals surface area (Å²) in [5.74, 6) is -0.690. The number of benzene rings is 1. The van der Waals surface area contributed by atoms with Crippen LogP contribution in [0.3, 0.4) is 0 Å². The fraction of sp³-hybridized carbons (Fsp3) is 0.533. The fourth-order valence-electron chi connectivity index (χ4n) is 2.03. The highest BCUT2D eigenvalue weighted by Crippen LogP contribution is 2.28. The predicted molar refractivity (Wildman–Crippen MR) is 91.5 cm³/mol. The Morgan fingerprint density at radius 2 is 1.70 bits per heavy atom. The molecule has 0 fully saturated rings. The van der Waals surface area contributed by atoms with Crippen molar-refractivity contribution < 1.29 is 17.9 Å². The summed E-state index contributed by atoms with van der Waals surface area (Å²) in [5.41, 5.74) is -0.0638. The van der Waals surface area contributed by atoms with E-state index in [-0.39, 0.29) is 27.1 Å². The van der Waals surface area contributed by atoms with Crippen molar-refractivity contribution in [2.24, 2.45) is 5.14 Å². The van der Waals surface area contributed by atoms with Crippen LogP contribution in [0.2, 0.25) is 10.0 Å². The molecule has 0 atom stereocenters. The number of esters is 1. The van der Waals surface area contributed by atoms with E-state index in [0.29, 0.717) is 0 Å². The lowest BCUT2D eigenvalue weighted by atomic mass is 10.1. The van der Waals surface area contributed by atoms with Crippen LogP contribution in [0.4, 0.5) is 0 Å². The van der Waals surface area contributed by atoms with Crippen molar-refractivity contribution >= 4 is 39.2 Å². The molecule has 0 heterocycles. The standard InChI is InChI=1S/C15H21Cl2NO4S/c1-2-3-4-5-6-7-8-22-15(19)11-9-14(23(18,20)21)13(17)10-12(11)16/h9-10H,2-8H2,1H3,(H2,18,20,21). The van der Waals surface area contributed by atoms with Crippen LogP contribution in [0.15, 0.2) is 17.0 Å². The van der Waals surface area contributed by atoms with E-state index in [9.17, 15) is 13.2 Å². The van der Waals surface area contributed by atoms with Gasteiger partial charge in [-0.05, 0) is 18.6 Å². The average molecular weight is 382 g/mol. The summed E-state index contributed by atoms with van der Waals surface area (Å²) in [6.45, 7) is 2.40. The average Bonchev–Trinajstić information content (AvgIpc) is 2.44. The van der Waals surface area contributed by atoms with E-state index in [4.69, 9.17) is 33.1 Å². The Hall–Kier alpha value is -0.820. The first-order chi connectivity index (χ1) is 10.8. The molecule has 0 amide bonds. The Kier molecular flexibility index (Phi) is 8.33. The molecule has 0 saturated heterocycles. The molecule has 0 aromatic heterocycles. The van der Waals surface area contributed by atoms with Crippen LogP contribution in [0.5, 0.6) is 0 Å². The van der Waals surface area contributed by atoms with Crippen LogP contribution < -0.4 is 5.14 Å². The number of hydrogen-bond donors (Lipinski definition) is 1. The molecule has 0 saturated carbocycles. The van der Waals surface area contributed by atoms with Crippen molar-refractivity contribution in [3.8, 4) is 0 Å². The van der Waals surface area contributed by atoms with Crippen LogP contribution in [0.1, 0.15) is 55.8 Å². The molecule has 2 N–H and O–H groups in total. The van der Waals surface area contributed by atoms with Gasteiger partial charge in [0.1, 0.15) is 4.90 Å². The molecule has 0 radical (unpaired) electrons. The minimum Gasteiger partial charge on any atom is -0.462 e. The maximum atomic E-state index is 12.0. The number of ether oxygens (including phenoxy) is 1. The molecular weight excluding hydrogens is 361 g/mol. The van der Waals surface area contributed by atoms with E-state index in [1.165, 1.54) is 25.3 Å². The smallest absolute Gasteiger partial charge is 0.339 e. The number of primary sulfonamides is 1. The second-order valence-electron chi connectivity index (χ2n) is 5.21. The topological polar surface area (TPSA) is 86.5 Å². The SMILES string of the molecule is CCCCCCCCOC(=O)c1cc(S(N)(=O)=O)c(Cl)cc1Cl. The fourth-order valence-corrected chi connectivity index (χ4v) is 3.42. The van der Waals surface area contributed by atoms with E-state index < -0.39 is 16.0 Å². The Bertz CT molecular complexity index is 647. The van der Waals surface area contributed by atoms with Crippen LogP contribution in [-0.2, 0) is 14.8 Å². The van der Waals surface area contributed by atoms with Gasteiger partial charge >= 0.3 is 5.97 Å². The zero-order valence-corrected chi connectivity index (χ0v) is 15.3. The third-order valence-corrected chi connectivity index (χ3v) is 4.97. The minimum atomic E-state index is -4.04. The van der Waals surface area contributed by atoms with Gasteiger partial charge in [-0.25, -0.2) is 18.4 Å². The van der Waals surface area contributed by atoms with Crippen molar-refractivity contribution in [2.75, 3.05) is 6.61 Å². The third kappa shape index (κ3) is 6.67. The lowest BCUT2D eigenvalue weighted by Crippen LogP contribution is -2.15. The molecular formula is C15H21Cl2NO4S. The lowest BCUT2D eigenvalue weighted by molar-refractivity contribution is 0.0497. The third-order valence-electron chi connectivity index (χ3n) is 3.28. The largest absolute Gasteiger partial charge is 0.462 e. The summed E-state index contributed by atoms with van der Waals surface area (Å²) in [7, 11) is -4.04. The Balaban J connectivity index is 2.63. The highest BCUT2D eigenvalue weighted by molar-refractivity contribution is 7.89. The first-order valence-electron chi connectivity index (χ1n) is 7.46.